The van der Waals surface area contributed by atoms with Gasteiger partial charge in [-0.1, -0.05) is 0 Å². The van der Waals surface area contributed by atoms with E-state index in [1.807, 2.05) is 13.0 Å². The molecule has 3 rings (SSSR count). The number of anilines is 1. The number of fused-ring (bicyclic) bond motifs is 1. The van der Waals surface area contributed by atoms with Crippen LogP contribution in [0, 0.1) is 6.92 Å². The first-order chi connectivity index (χ1) is 9.38. The molecule has 0 radical (unpaired) electrons. The second-order valence-electron chi connectivity index (χ2n) is 4.77. The van der Waals surface area contributed by atoms with E-state index in [1.54, 1.807) is 12.3 Å². The molecule has 20 heavy (non-hydrogen) atoms. The van der Waals surface area contributed by atoms with Crippen molar-refractivity contribution in [1.82, 2.24) is 4.98 Å². The summed E-state index contributed by atoms with van der Waals surface area (Å²) in [5.41, 5.74) is 2.95. The highest BCUT2D eigenvalue weighted by Gasteiger charge is 2.34. The molecule has 1 aliphatic rings. The van der Waals surface area contributed by atoms with Crippen LogP contribution in [0.3, 0.4) is 0 Å². The maximum absolute atomic E-state index is 12.1. The van der Waals surface area contributed by atoms with Crippen molar-refractivity contribution in [2.45, 2.75) is 17.7 Å². The van der Waals surface area contributed by atoms with Crippen molar-refractivity contribution in [2.75, 3.05) is 5.32 Å². The fourth-order valence-electron chi connectivity index (χ4n) is 2.50. The third-order valence-electron chi connectivity index (χ3n) is 3.49. The number of primary sulfonamides is 1. The molecule has 1 atom stereocenters. The summed E-state index contributed by atoms with van der Waals surface area (Å²) in [5, 5.41) is 7.89. The molecular formula is C13H13N3O3S. The molecule has 7 heteroatoms. The van der Waals surface area contributed by atoms with E-state index in [2.05, 4.69) is 10.3 Å². The lowest BCUT2D eigenvalue weighted by Gasteiger charge is -2.09. The summed E-state index contributed by atoms with van der Waals surface area (Å²) < 4.78 is 22.9. The standard InChI is InChI=1S/C13H13N3O3S/c1-7-9(4-5-15-7)12-10-6-8(20(14,18)19)2-3-11(10)16-13(12)17/h2-6,12,15H,1H3,(H,16,17)(H2,14,18,19). The van der Waals surface area contributed by atoms with Crippen LogP contribution in [0.25, 0.3) is 0 Å². The minimum Gasteiger partial charge on any atom is -0.365 e. The van der Waals surface area contributed by atoms with E-state index in [1.165, 1.54) is 12.1 Å². The van der Waals surface area contributed by atoms with E-state index in [0.29, 0.717) is 11.3 Å². The molecular weight excluding hydrogens is 278 g/mol. The van der Waals surface area contributed by atoms with Crippen LogP contribution in [0.2, 0.25) is 0 Å². The number of aromatic amines is 1. The topological polar surface area (TPSA) is 105 Å². The van der Waals surface area contributed by atoms with Crippen molar-refractivity contribution >= 4 is 21.6 Å². The fraction of sp³-hybridized carbons (Fsp3) is 0.154. The Labute approximate surface area is 116 Å². The summed E-state index contributed by atoms with van der Waals surface area (Å²) in [4.78, 5) is 15.2. The molecule has 0 fully saturated rings. The molecule has 2 aromatic rings. The zero-order valence-electron chi connectivity index (χ0n) is 10.7. The lowest BCUT2D eigenvalue weighted by molar-refractivity contribution is -0.116. The molecule has 2 heterocycles. The smallest absolute Gasteiger partial charge is 0.238 e. The van der Waals surface area contributed by atoms with Crippen LogP contribution in [0.15, 0.2) is 35.4 Å². The van der Waals surface area contributed by atoms with E-state index in [0.717, 1.165) is 11.3 Å². The molecule has 0 bridgehead atoms. The average Bonchev–Trinajstić information content (AvgIpc) is 2.89. The summed E-state index contributed by atoms with van der Waals surface area (Å²) in [6, 6.07) is 6.23. The van der Waals surface area contributed by atoms with Crippen LogP contribution >= 0.6 is 0 Å². The lowest BCUT2D eigenvalue weighted by Crippen LogP contribution is -2.14. The van der Waals surface area contributed by atoms with Gasteiger partial charge in [-0.3, -0.25) is 4.79 Å². The number of rotatable bonds is 2. The van der Waals surface area contributed by atoms with Gasteiger partial charge in [0.15, 0.2) is 0 Å². The number of benzene rings is 1. The van der Waals surface area contributed by atoms with Crippen molar-refractivity contribution in [1.29, 1.82) is 0 Å². The molecule has 0 aliphatic carbocycles. The number of carbonyl (C=O) groups is 1. The predicted molar refractivity (Wildman–Crippen MR) is 73.8 cm³/mol. The monoisotopic (exact) mass is 291 g/mol. The van der Waals surface area contributed by atoms with Gasteiger partial charge in [0.25, 0.3) is 0 Å². The summed E-state index contributed by atoms with van der Waals surface area (Å²) >= 11 is 0. The van der Waals surface area contributed by atoms with Crippen molar-refractivity contribution in [3.05, 3.63) is 47.3 Å². The summed E-state index contributed by atoms with van der Waals surface area (Å²) in [6.07, 6.45) is 1.75. The third kappa shape index (κ3) is 1.91. The fourth-order valence-corrected chi connectivity index (χ4v) is 3.05. The lowest BCUT2D eigenvalue weighted by atomic mass is 9.93. The van der Waals surface area contributed by atoms with Gasteiger partial charge in [-0.15, -0.1) is 0 Å². The Balaban J connectivity index is 2.18. The molecule has 104 valence electrons. The van der Waals surface area contributed by atoms with E-state index < -0.39 is 15.9 Å². The third-order valence-corrected chi connectivity index (χ3v) is 4.40. The van der Waals surface area contributed by atoms with Crippen molar-refractivity contribution < 1.29 is 13.2 Å². The minimum atomic E-state index is -3.79. The minimum absolute atomic E-state index is 0.00550. The highest BCUT2D eigenvalue weighted by atomic mass is 32.2. The van der Waals surface area contributed by atoms with Gasteiger partial charge in [0.05, 0.1) is 10.8 Å². The highest BCUT2D eigenvalue weighted by Crippen LogP contribution is 2.39. The van der Waals surface area contributed by atoms with E-state index in [4.69, 9.17) is 5.14 Å². The first kappa shape index (κ1) is 12.9. The number of sulfonamides is 1. The van der Waals surface area contributed by atoms with Gasteiger partial charge in [-0.2, -0.15) is 0 Å². The zero-order valence-corrected chi connectivity index (χ0v) is 11.5. The van der Waals surface area contributed by atoms with Crippen LogP contribution in [0.4, 0.5) is 5.69 Å². The van der Waals surface area contributed by atoms with Gasteiger partial charge in [0.2, 0.25) is 15.9 Å². The Bertz CT molecular complexity index is 808. The first-order valence-corrected chi connectivity index (χ1v) is 7.54. The van der Waals surface area contributed by atoms with Gasteiger partial charge >= 0.3 is 0 Å². The highest BCUT2D eigenvalue weighted by molar-refractivity contribution is 7.89. The molecule has 0 spiro atoms. The molecule has 1 aromatic heterocycles. The molecule has 0 saturated carbocycles. The quantitative estimate of drug-likeness (QED) is 0.770. The van der Waals surface area contributed by atoms with E-state index >= 15 is 0 Å². The molecule has 1 aromatic carbocycles. The Morgan fingerprint density at radius 3 is 2.55 bits per heavy atom. The summed E-state index contributed by atoms with van der Waals surface area (Å²) in [6.45, 7) is 1.87. The number of amides is 1. The summed E-state index contributed by atoms with van der Waals surface area (Å²) in [7, 11) is -3.79. The number of hydrogen-bond donors (Lipinski definition) is 3. The molecule has 1 unspecified atom stereocenters. The Morgan fingerprint density at radius 1 is 1.20 bits per heavy atom. The number of H-pyrrole nitrogens is 1. The molecule has 0 saturated heterocycles. The first-order valence-electron chi connectivity index (χ1n) is 5.99. The van der Waals surface area contributed by atoms with Crippen LogP contribution in [0.1, 0.15) is 22.7 Å². The van der Waals surface area contributed by atoms with Crippen molar-refractivity contribution in [3.8, 4) is 0 Å². The van der Waals surface area contributed by atoms with Crippen LogP contribution < -0.4 is 10.5 Å². The van der Waals surface area contributed by atoms with Crippen LogP contribution in [-0.2, 0) is 14.8 Å². The number of aromatic nitrogens is 1. The Morgan fingerprint density at radius 2 is 1.95 bits per heavy atom. The van der Waals surface area contributed by atoms with Gasteiger partial charge in [-0.25, -0.2) is 13.6 Å². The maximum Gasteiger partial charge on any atom is 0.238 e. The predicted octanol–water partition coefficient (Wildman–Crippen LogP) is 1.05. The second kappa shape index (κ2) is 4.19. The van der Waals surface area contributed by atoms with Gasteiger partial charge in [0, 0.05) is 17.6 Å². The number of nitrogens with one attached hydrogen (secondary N) is 2. The molecule has 1 amide bonds. The van der Waals surface area contributed by atoms with Gasteiger partial charge < -0.3 is 10.3 Å². The van der Waals surface area contributed by atoms with Crippen LogP contribution in [-0.4, -0.2) is 19.3 Å². The van der Waals surface area contributed by atoms with Gasteiger partial charge in [0.1, 0.15) is 0 Å². The normalized spacial score (nSPS) is 17.9. The Hall–Kier alpha value is -2.12. The largest absolute Gasteiger partial charge is 0.365 e. The van der Waals surface area contributed by atoms with Gasteiger partial charge in [-0.05, 0) is 42.3 Å². The maximum atomic E-state index is 12.1. The van der Waals surface area contributed by atoms with E-state index in [9.17, 15) is 13.2 Å². The second-order valence-corrected chi connectivity index (χ2v) is 6.34. The summed E-state index contributed by atoms with van der Waals surface area (Å²) in [5.74, 6) is -0.688. The zero-order chi connectivity index (χ0) is 14.5. The van der Waals surface area contributed by atoms with Crippen molar-refractivity contribution in [2.24, 2.45) is 5.14 Å². The van der Waals surface area contributed by atoms with E-state index in [-0.39, 0.29) is 10.8 Å². The molecule has 6 nitrogen and oxygen atoms in total. The number of aryl methyl sites for hydroxylation is 1. The molecule has 1 aliphatic heterocycles. The number of carbonyl (C=O) groups excluding carboxylic acids is 1. The van der Waals surface area contributed by atoms with Crippen molar-refractivity contribution in [3.63, 3.8) is 0 Å². The van der Waals surface area contributed by atoms with Crippen LogP contribution in [0.5, 0.6) is 0 Å². The SMILES string of the molecule is Cc1[nH]ccc1C1C(=O)Nc2ccc(S(N)(=O)=O)cc21. The molecule has 4 N–H and O–H groups in total. The average molecular weight is 291 g/mol. The number of hydrogen-bond acceptors (Lipinski definition) is 3. The Kier molecular flexibility index (Phi) is 2.70. The number of nitrogens with two attached hydrogens (primary N) is 1.